The molecule has 0 spiro atoms. The van der Waals surface area contributed by atoms with Gasteiger partial charge >= 0.3 is 18.1 Å². The van der Waals surface area contributed by atoms with Crippen LogP contribution in [0.15, 0.2) is 79.1 Å². The van der Waals surface area contributed by atoms with Crippen LogP contribution in [0.3, 0.4) is 0 Å². The number of hydrazine groups is 1. The molecule has 0 aliphatic carbocycles. The van der Waals surface area contributed by atoms with Crippen LogP contribution in [0.4, 0.5) is 24.5 Å². The van der Waals surface area contributed by atoms with Gasteiger partial charge in [0.05, 0.1) is 30.9 Å². The summed E-state index contributed by atoms with van der Waals surface area (Å²) in [6.45, 7) is 7.40. The minimum absolute atomic E-state index is 0.109. The number of rotatable bonds is 13. The summed E-state index contributed by atoms with van der Waals surface area (Å²) >= 11 is 0. The van der Waals surface area contributed by atoms with E-state index in [0.29, 0.717) is 40.6 Å². The zero-order chi connectivity index (χ0) is 37.9. The zero-order valence-corrected chi connectivity index (χ0v) is 28.1. The van der Waals surface area contributed by atoms with Crippen molar-refractivity contribution in [2.75, 3.05) is 16.9 Å². The molecule has 0 aliphatic heterocycles. The zero-order valence-electron chi connectivity index (χ0n) is 28.1. The van der Waals surface area contributed by atoms with Crippen LogP contribution in [0, 0.1) is 0 Å². The molecule has 2 unspecified atom stereocenters. The van der Waals surface area contributed by atoms with Crippen LogP contribution in [-0.4, -0.2) is 57.8 Å². The number of aromatic nitrogens is 1. The summed E-state index contributed by atoms with van der Waals surface area (Å²) in [5.74, 6) is 2.99. The third-order valence-corrected chi connectivity index (χ3v) is 6.94. The molecule has 16 heteroatoms. The minimum atomic E-state index is -5.08. The van der Waals surface area contributed by atoms with E-state index in [-0.39, 0.29) is 12.0 Å². The lowest BCUT2D eigenvalue weighted by molar-refractivity contribution is -0.192. The summed E-state index contributed by atoms with van der Waals surface area (Å²) in [7, 11) is 0. The first-order chi connectivity index (χ1) is 24.0. The number of aliphatic carboxylic acids is 2. The SMILES string of the molecule is CCOc1cc(C(C(=O)NC(CC(=O)O)c2cccc(NC(C)=O)c2)N(N)c2ccc3cnccc3c2)ccc1OC(C)C.O=C(O)C(F)(F)F. The first-order valence-corrected chi connectivity index (χ1v) is 15.5. The molecule has 6 N–H and O–H groups in total. The van der Waals surface area contributed by atoms with Crippen molar-refractivity contribution >= 4 is 45.9 Å². The summed E-state index contributed by atoms with van der Waals surface area (Å²) in [5, 5.41) is 25.6. The fourth-order valence-electron chi connectivity index (χ4n) is 4.85. The lowest BCUT2D eigenvalue weighted by atomic mass is 9.99. The number of carboxylic acid groups (broad SMARTS) is 2. The molecular weight excluding hydrogens is 675 g/mol. The molecule has 272 valence electrons. The number of nitrogens with one attached hydrogen (secondary N) is 2. The van der Waals surface area contributed by atoms with Gasteiger partial charge in [-0.15, -0.1) is 0 Å². The predicted molar refractivity (Wildman–Crippen MR) is 182 cm³/mol. The summed E-state index contributed by atoms with van der Waals surface area (Å²) < 4.78 is 43.5. The van der Waals surface area contributed by atoms with Crippen molar-refractivity contribution in [3.05, 3.63) is 90.3 Å². The van der Waals surface area contributed by atoms with Crippen LogP contribution >= 0.6 is 0 Å². The van der Waals surface area contributed by atoms with Gasteiger partial charge in [0.15, 0.2) is 11.5 Å². The average molecular weight is 714 g/mol. The molecule has 0 saturated heterocycles. The molecule has 4 aromatic rings. The van der Waals surface area contributed by atoms with E-state index >= 15 is 0 Å². The van der Waals surface area contributed by atoms with E-state index in [9.17, 15) is 32.7 Å². The van der Waals surface area contributed by atoms with Crippen molar-refractivity contribution in [1.29, 1.82) is 0 Å². The third kappa shape index (κ3) is 11.6. The molecule has 2 atom stereocenters. The van der Waals surface area contributed by atoms with Gasteiger partial charge in [-0.2, -0.15) is 13.2 Å². The van der Waals surface area contributed by atoms with E-state index in [4.69, 9.17) is 25.2 Å². The van der Waals surface area contributed by atoms with Crippen LogP contribution in [0.2, 0.25) is 0 Å². The lowest BCUT2D eigenvalue weighted by Crippen LogP contribution is -2.45. The Labute approximate surface area is 291 Å². The standard InChI is InChI=1S/C33H37N5O6.C2HF3O2/c1-5-43-30-17-24(10-12-29(30)44-20(2)3)32(38(34)27-11-9-25-19-35-14-13-22(25)16-27)33(42)37-28(18-31(40)41)23-7-6-8-26(15-23)36-21(4)39;3-2(4,5)1(6)7/h6-17,19-20,28,32H,5,18,34H2,1-4H3,(H,36,39)(H,37,42)(H,40,41);(H,6,7). The topological polar surface area (TPSA) is 193 Å². The van der Waals surface area contributed by atoms with Crippen molar-refractivity contribution in [2.45, 2.75) is 58.5 Å². The number of benzene rings is 3. The van der Waals surface area contributed by atoms with Crippen LogP contribution in [0.25, 0.3) is 10.8 Å². The number of pyridine rings is 1. The van der Waals surface area contributed by atoms with E-state index in [2.05, 4.69) is 15.6 Å². The fourth-order valence-corrected chi connectivity index (χ4v) is 4.85. The summed E-state index contributed by atoms with van der Waals surface area (Å²) in [6.07, 6.45) is -2.19. The van der Waals surface area contributed by atoms with Gasteiger partial charge in [-0.1, -0.05) is 24.3 Å². The lowest BCUT2D eigenvalue weighted by Gasteiger charge is -2.31. The van der Waals surface area contributed by atoms with E-state index in [0.717, 1.165) is 10.8 Å². The van der Waals surface area contributed by atoms with Gasteiger partial charge in [-0.25, -0.2) is 10.6 Å². The second kappa shape index (κ2) is 17.7. The van der Waals surface area contributed by atoms with Gasteiger partial charge in [0, 0.05) is 30.4 Å². The molecule has 3 aromatic carbocycles. The maximum absolute atomic E-state index is 14.2. The molecule has 2 amide bonds. The van der Waals surface area contributed by atoms with Crippen molar-refractivity contribution in [3.8, 4) is 11.5 Å². The molecule has 0 radical (unpaired) electrons. The minimum Gasteiger partial charge on any atom is -0.490 e. The second-order valence-corrected chi connectivity index (χ2v) is 11.3. The van der Waals surface area contributed by atoms with Crippen molar-refractivity contribution in [2.24, 2.45) is 5.84 Å². The largest absolute Gasteiger partial charge is 0.490 e. The number of amides is 2. The Morgan fingerprint density at radius 3 is 2.25 bits per heavy atom. The maximum Gasteiger partial charge on any atom is 0.490 e. The first-order valence-electron chi connectivity index (χ1n) is 15.5. The predicted octanol–water partition coefficient (Wildman–Crippen LogP) is 5.77. The summed E-state index contributed by atoms with van der Waals surface area (Å²) in [6, 6.07) is 17.2. The molecular formula is C35H38F3N5O8. The summed E-state index contributed by atoms with van der Waals surface area (Å²) in [4.78, 5) is 50.8. The Balaban J connectivity index is 0.000000908. The number of carbonyl (C=O) groups excluding carboxylic acids is 2. The Morgan fingerprint density at radius 1 is 0.941 bits per heavy atom. The Morgan fingerprint density at radius 2 is 1.65 bits per heavy atom. The molecule has 0 saturated carbocycles. The molecule has 1 aromatic heterocycles. The monoisotopic (exact) mass is 713 g/mol. The Bertz CT molecular complexity index is 1850. The van der Waals surface area contributed by atoms with Crippen LogP contribution in [-0.2, 0) is 19.2 Å². The smallest absolute Gasteiger partial charge is 0.490 e. The van der Waals surface area contributed by atoms with Gasteiger partial charge in [-0.05, 0) is 79.7 Å². The van der Waals surface area contributed by atoms with Crippen LogP contribution in [0.5, 0.6) is 11.5 Å². The van der Waals surface area contributed by atoms with E-state index in [1.165, 1.54) is 11.9 Å². The highest BCUT2D eigenvalue weighted by Gasteiger charge is 2.38. The van der Waals surface area contributed by atoms with Gasteiger partial charge < -0.3 is 30.3 Å². The van der Waals surface area contributed by atoms with Gasteiger partial charge in [0.1, 0.15) is 6.04 Å². The van der Waals surface area contributed by atoms with E-state index in [1.54, 1.807) is 60.9 Å². The highest BCUT2D eigenvalue weighted by atomic mass is 19.4. The quantitative estimate of drug-likeness (QED) is 0.0835. The Hall–Kier alpha value is -5.90. The van der Waals surface area contributed by atoms with Crippen molar-refractivity contribution in [1.82, 2.24) is 10.3 Å². The first kappa shape index (κ1) is 39.5. The van der Waals surface area contributed by atoms with Crippen LogP contribution in [0.1, 0.15) is 57.3 Å². The number of hydrogen-bond donors (Lipinski definition) is 5. The molecule has 0 aliphatic rings. The number of nitrogens with zero attached hydrogens (tertiary/aromatic N) is 2. The number of ether oxygens (including phenoxy) is 2. The van der Waals surface area contributed by atoms with Gasteiger partial charge in [0.2, 0.25) is 11.8 Å². The molecule has 4 rings (SSSR count). The van der Waals surface area contributed by atoms with E-state index in [1.807, 2.05) is 39.0 Å². The number of carbonyl (C=O) groups is 4. The van der Waals surface area contributed by atoms with E-state index < -0.39 is 42.5 Å². The number of anilines is 2. The average Bonchev–Trinajstić information content (AvgIpc) is 3.05. The van der Waals surface area contributed by atoms with Crippen LogP contribution < -0.4 is 31.0 Å². The molecule has 51 heavy (non-hydrogen) atoms. The number of nitrogens with two attached hydrogens (primary N) is 1. The number of fused-ring (bicyclic) bond motifs is 1. The number of hydrogen-bond acceptors (Lipinski definition) is 9. The van der Waals surface area contributed by atoms with Gasteiger partial charge in [-0.3, -0.25) is 24.4 Å². The van der Waals surface area contributed by atoms with Crippen molar-refractivity contribution in [3.63, 3.8) is 0 Å². The molecule has 1 heterocycles. The molecule has 0 bridgehead atoms. The fraction of sp³-hybridized carbons (Fsp3) is 0.286. The second-order valence-electron chi connectivity index (χ2n) is 11.3. The summed E-state index contributed by atoms with van der Waals surface area (Å²) in [5.41, 5.74) is 2.03. The Kier molecular flexibility index (Phi) is 13.7. The highest BCUT2D eigenvalue weighted by Crippen LogP contribution is 2.35. The maximum atomic E-state index is 14.2. The van der Waals surface area contributed by atoms with Gasteiger partial charge in [0.25, 0.3) is 0 Å². The molecule has 13 nitrogen and oxygen atoms in total. The van der Waals surface area contributed by atoms with Crippen molar-refractivity contribution < 1.29 is 52.0 Å². The third-order valence-electron chi connectivity index (χ3n) is 6.94. The number of alkyl halides is 3. The number of halogens is 3. The molecule has 0 fully saturated rings. The number of carboxylic acids is 2. The normalized spacial score (nSPS) is 12.2. The highest BCUT2D eigenvalue weighted by molar-refractivity contribution is 5.90.